The van der Waals surface area contributed by atoms with Gasteiger partial charge in [-0.15, -0.1) is 0 Å². The maximum atomic E-state index is 6.63. The van der Waals surface area contributed by atoms with E-state index in [9.17, 15) is 0 Å². The van der Waals surface area contributed by atoms with Crippen molar-refractivity contribution < 1.29 is 42.7 Å². The van der Waals surface area contributed by atoms with Crippen LogP contribution in [0.5, 0.6) is 5.75 Å². The average Bonchev–Trinajstić information content (AvgIpc) is 2.71. The Morgan fingerprint density at radius 2 is 1.10 bits per heavy atom. The Bertz CT molecular complexity index is 1080. The van der Waals surface area contributed by atoms with E-state index in [0.717, 1.165) is 5.75 Å². The lowest BCUT2D eigenvalue weighted by molar-refractivity contribution is -0.165. The predicted octanol–water partition coefficient (Wildman–Crippen LogP) is 6.41. The van der Waals surface area contributed by atoms with Crippen molar-refractivity contribution in [2.45, 2.75) is 138 Å². The SMILES string of the molecule is Cc1cc(C(C)(C)C)c(OCCC[Si]23O[Si]4(OC(C)C)O[Si](OC(C)C)(O2)O[Si](OC(C)(C)C)(O3)O4)c(C(C)(C)C)c1. The summed E-state index contributed by atoms with van der Waals surface area (Å²) in [6.07, 6.45) is 0.133. The van der Waals surface area contributed by atoms with Crippen LogP contribution in [0.2, 0.25) is 6.04 Å². The second kappa shape index (κ2) is 11.4. The van der Waals surface area contributed by atoms with Gasteiger partial charge in [-0.25, -0.2) is 0 Å². The summed E-state index contributed by atoms with van der Waals surface area (Å²) in [5.41, 5.74) is 2.81. The molecule has 14 heteroatoms. The van der Waals surface area contributed by atoms with Crippen LogP contribution in [0.15, 0.2) is 12.1 Å². The van der Waals surface area contributed by atoms with E-state index in [-0.39, 0.29) is 23.0 Å². The number of rotatable bonds is 10. The minimum Gasteiger partial charge on any atom is -0.493 e. The fourth-order valence-corrected chi connectivity index (χ4v) is 25.2. The molecule has 42 heavy (non-hydrogen) atoms. The molecular formula is C28H52O10Si4. The van der Waals surface area contributed by atoms with Crippen molar-refractivity contribution in [1.82, 2.24) is 0 Å². The third-order valence-corrected chi connectivity index (χ3v) is 22.6. The number of hydrogen-bond donors (Lipinski definition) is 0. The highest BCUT2D eigenvalue weighted by Gasteiger charge is 2.88. The number of aryl methyl sites for hydroxylation is 1. The zero-order valence-corrected chi connectivity index (χ0v) is 32.0. The molecule has 1 aromatic rings. The number of benzene rings is 1. The van der Waals surface area contributed by atoms with Crippen LogP contribution in [0.1, 0.15) is 113 Å². The maximum absolute atomic E-state index is 6.63. The quantitative estimate of drug-likeness (QED) is 0.207. The molecule has 4 saturated heterocycles. The highest BCUT2D eigenvalue weighted by molar-refractivity contribution is 6.98. The van der Waals surface area contributed by atoms with Gasteiger partial charge in [-0.3, -0.25) is 0 Å². The fraction of sp³-hybridized carbons (Fsp3) is 0.786. The molecule has 240 valence electrons. The Kier molecular flexibility index (Phi) is 9.34. The second-order valence-corrected chi connectivity index (χ2v) is 25.4. The monoisotopic (exact) mass is 660 g/mol. The standard InChI is InChI=1S/C28H52O10Si4/c1-20(2)30-40-33-39(34-41(36-40,31-21(3)4)38-42(35-39,37-40)32-28(12,13)14)17-15-16-29-25-23(26(6,7)8)18-22(5)19-24(25)27(9,10)11/h18-21H,15-17H2,1-14H3. The van der Waals surface area contributed by atoms with E-state index in [1.807, 2.05) is 48.5 Å². The Balaban J connectivity index is 1.63. The van der Waals surface area contributed by atoms with Crippen molar-refractivity contribution in [2.75, 3.05) is 6.61 Å². The van der Waals surface area contributed by atoms with Gasteiger partial charge in [0.2, 0.25) is 0 Å². The van der Waals surface area contributed by atoms with Crippen LogP contribution in [-0.4, -0.2) is 60.4 Å². The lowest BCUT2D eigenvalue weighted by Gasteiger charge is -2.60. The van der Waals surface area contributed by atoms with Crippen LogP contribution in [-0.2, 0) is 48.8 Å². The van der Waals surface area contributed by atoms with E-state index in [4.69, 9.17) is 42.7 Å². The molecule has 2 unspecified atom stereocenters. The Hall–Kier alpha value is -0.472. The normalized spacial score (nSPS) is 31.4. The predicted molar refractivity (Wildman–Crippen MR) is 166 cm³/mol. The molecule has 0 spiro atoms. The fourth-order valence-electron chi connectivity index (χ4n) is 5.10. The van der Waals surface area contributed by atoms with E-state index in [0.29, 0.717) is 19.1 Å². The van der Waals surface area contributed by atoms with Crippen LogP contribution in [0.25, 0.3) is 0 Å². The van der Waals surface area contributed by atoms with E-state index in [2.05, 4.69) is 60.6 Å². The molecular weight excluding hydrogens is 609 g/mol. The summed E-state index contributed by atoms with van der Waals surface area (Å²) in [5, 5.41) is 0. The summed E-state index contributed by atoms with van der Waals surface area (Å²) < 4.78 is 64.1. The molecule has 0 saturated carbocycles. The third-order valence-electron chi connectivity index (χ3n) is 6.51. The van der Waals surface area contributed by atoms with Gasteiger partial charge in [-0.05, 0) is 72.6 Å². The van der Waals surface area contributed by atoms with Crippen molar-refractivity contribution in [3.63, 3.8) is 0 Å². The lowest BCUT2D eigenvalue weighted by Crippen LogP contribution is -2.91. The van der Waals surface area contributed by atoms with Crippen molar-refractivity contribution in [1.29, 1.82) is 0 Å². The minimum absolute atomic E-state index is 0.0853. The first kappa shape index (κ1) is 34.4. The summed E-state index contributed by atoms with van der Waals surface area (Å²) in [7, 11) is -14.8. The van der Waals surface area contributed by atoms with Gasteiger partial charge in [-0.2, -0.15) is 0 Å². The van der Waals surface area contributed by atoms with Crippen molar-refractivity contribution in [3.05, 3.63) is 28.8 Å². The highest BCUT2D eigenvalue weighted by Crippen LogP contribution is 2.51. The summed E-state index contributed by atoms with van der Waals surface area (Å²) in [6.45, 7) is 29.3. The van der Waals surface area contributed by atoms with E-state index in [1.54, 1.807) is 0 Å². The Morgan fingerprint density at radius 3 is 1.50 bits per heavy atom. The van der Waals surface area contributed by atoms with E-state index >= 15 is 0 Å². The molecule has 4 heterocycles. The molecule has 0 N–H and O–H groups in total. The number of ether oxygens (including phenoxy) is 1. The molecule has 0 aromatic heterocycles. The smallest absolute Gasteiger partial charge is 0.493 e. The molecule has 10 nitrogen and oxygen atoms in total. The van der Waals surface area contributed by atoms with Crippen LogP contribution in [0.3, 0.4) is 0 Å². The van der Waals surface area contributed by atoms with Gasteiger partial charge in [0.15, 0.2) is 0 Å². The van der Waals surface area contributed by atoms with Crippen LogP contribution >= 0.6 is 0 Å². The van der Waals surface area contributed by atoms with Crippen molar-refractivity contribution >= 4 is 35.9 Å². The zero-order chi connectivity index (χ0) is 31.6. The summed E-state index contributed by atoms with van der Waals surface area (Å²) in [5.74, 6) is 0.940. The van der Waals surface area contributed by atoms with Gasteiger partial charge in [-0.1, -0.05) is 59.2 Å². The van der Waals surface area contributed by atoms with E-state index in [1.165, 1.54) is 16.7 Å². The van der Waals surface area contributed by atoms with Gasteiger partial charge in [0.1, 0.15) is 5.75 Å². The summed E-state index contributed by atoms with van der Waals surface area (Å²) in [4.78, 5) is 0. The van der Waals surface area contributed by atoms with Crippen molar-refractivity contribution in [3.8, 4) is 5.75 Å². The summed E-state index contributed by atoms with van der Waals surface area (Å²) in [6, 6.07) is 4.91. The van der Waals surface area contributed by atoms with Crippen LogP contribution in [0.4, 0.5) is 0 Å². The third kappa shape index (κ3) is 7.66. The van der Waals surface area contributed by atoms with Crippen LogP contribution < -0.4 is 4.74 Å². The topological polar surface area (TPSA) is 92.3 Å². The molecule has 0 radical (unpaired) electrons. The molecule has 4 bridgehead atoms. The Morgan fingerprint density at radius 1 is 0.667 bits per heavy atom. The average molecular weight is 661 g/mol. The summed E-state index contributed by atoms with van der Waals surface area (Å²) >= 11 is 0. The molecule has 0 amide bonds. The van der Waals surface area contributed by atoms with Gasteiger partial charge in [0.25, 0.3) is 0 Å². The van der Waals surface area contributed by atoms with E-state index < -0.39 is 41.5 Å². The molecule has 4 aliphatic rings. The largest absolute Gasteiger partial charge is 0.661 e. The Labute approximate surface area is 257 Å². The van der Waals surface area contributed by atoms with Gasteiger partial charge in [0.05, 0.1) is 12.2 Å². The first-order chi connectivity index (χ1) is 19.0. The zero-order valence-electron chi connectivity index (χ0n) is 28.0. The second-order valence-electron chi connectivity index (χ2n) is 15.0. The first-order valence-corrected chi connectivity index (χ1v) is 21.9. The molecule has 2 atom stereocenters. The van der Waals surface area contributed by atoms with Gasteiger partial charge >= 0.3 is 35.9 Å². The highest BCUT2D eigenvalue weighted by atomic mass is 28.6. The minimum atomic E-state index is -3.81. The first-order valence-electron chi connectivity index (χ1n) is 15.0. The van der Waals surface area contributed by atoms with Crippen molar-refractivity contribution in [2.24, 2.45) is 0 Å². The number of hydrogen-bond acceptors (Lipinski definition) is 10. The lowest BCUT2D eigenvalue weighted by atomic mass is 9.78. The molecule has 4 fully saturated rings. The molecule has 5 rings (SSSR count). The molecule has 4 aliphatic heterocycles. The van der Waals surface area contributed by atoms with Gasteiger partial charge < -0.3 is 42.7 Å². The van der Waals surface area contributed by atoms with Gasteiger partial charge in [0, 0.05) is 29.4 Å². The molecule has 0 aliphatic carbocycles. The van der Waals surface area contributed by atoms with Crippen LogP contribution in [0, 0.1) is 6.92 Å². The molecule has 1 aromatic carbocycles. The maximum Gasteiger partial charge on any atom is 0.661 e.